The SMILES string of the molecule is CN(C)CCCCNCc1cccc(C(F)(F)F)c1. The average Bonchev–Trinajstić information content (AvgIpc) is 2.32. The molecule has 0 amide bonds. The molecule has 0 saturated carbocycles. The molecule has 0 unspecified atom stereocenters. The fourth-order valence-electron chi connectivity index (χ4n) is 1.77. The van der Waals surface area contributed by atoms with Gasteiger partial charge in [-0.3, -0.25) is 0 Å². The van der Waals surface area contributed by atoms with Crippen LogP contribution in [0.4, 0.5) is 13.2 Å². The van der Waals surface area contributed by atoms with Crippen molar-refractivity contribution >= 4 is 0 Å². The van der Waals surface area contributed by atoms with Crippen LogP contribution in [0.2, 0.25) is 0 Å². The van der Waals surface area contributed by atoms with Gasteiger partial charge in [0.1, 0.15) is 0 Å². The first-order chi connectivity index (χ1) is 8.89. The Bertz CT molecular complexity index is 375. The average molecular weight is 274 g/mol. The van der Waals surface area contributed by atoms with Crippen molar-refractivity contribution in [2.24, 2.45) is 0 Å². The van der Waals surface area contributed by atoms with Crippen LogP contribution in [0.25, 0.3) is 0 Å². The van der Waals surface area contributed by atoms with Gasteiger partial charge in [0.25, 0.3) is 0 Å². The van der Waals surface area contributed by atoms with Gasteiger partial charge < -0.3 is 10.2 Å². The Hall–Kier alpha value is -1.07. The molecule has 0 aliphatic carbocycles. The normalized spacial score (nSPS) is 12.1. The standard InChI is InChI=1S/C14H21F3N2/c1-19(2)9-4-3-8-18-11-12-6-5-7-13(10-12)14(15,16)17/h5-7,10,18H,3-4,8-9,11H2,1-2H3. The van der Waals surface area contributed by atoms with Gasteiger partial charge in [-0.1, -0.05) is 18.2 Å². The molecule has 1 N–H and O–H groups in total. The van der Waals surface area contributed by atoms with Crippen LogP contribution in [0.5, 0.6) is 0 Å². The molecular formula is C14H21F3N2. The number of benzene rings is 1. The van der Waals surface area contributed by atoms with E-state index in [1.807, 2.05) is 14.1 Å². The van der Waals surface area contributed by atoms with Crippen LogP contribution in [-0.2, 0) is 12.7 Å². The highest BCUT2D eigenvalue weighted by atomic mass is 19.4. The molecule has 0 aromatic heterocycles. The van der Waals surface area contributed by atoms with Crippen molar-refractivity contribution in [3.8, 4) is 0 Å². The molecular weight excluding hydrogens is 253 g/mol. The number of halogens is 3. The number of alkyl halides is 3. The summed E-state index contributed by atoms with van der Waals surface area (Å²) in [6, 6.07) is 5.46. The Morgan fingerprint density at radius 1 is 1.16 bits per heavy atom. The summed E-state index contributed by atoms with van der Waals surface area (Å²) in [5, 5.41) is 3.17. The summed E-state index contributed by atoms with van der Waals surface area (Å²) in [5.74, 6) is 0. The fraction of sp³-hybridized carbons (Fsp3) is 0.571. The number of unbranched alkanes of at least 4 members (excludes halogenated alkanes) is 1. The van der Waals surface area contributed by atoms with Gasteiger partial charge in [0, 0.05) is 6.54 Å². The molecule has 0 radical (unpaired) electrons. The van der Waals surface area contributed by atoms with Crippen molar-refractivity contribution in [3.05, 3.63) is 35.4 Å². The van der Waals surface area contributed by atoms with Crippen LogP contribution in [0.1, 0.15) is 24.0 Å². The predicted molar refractivity (Wildman–Crippen MR) is 70.9 cm³/mol. The van der Waals surface area contributed by atoms with E-state index in [1.165, 1.54) is 12.1 Å². The van der Waals surface area contributed by atoms with Crippen LogP contribution >= 0.6 is 0 Å². The maximum absolute atomic E-state index is 12.5. The fourth-order valence-corrected chi connectivity index (χ4v) is 1.77. The Balaban J connectivity index is 2.30. The van der Waals surface area contributed by atoms with Gasteiger partial charge in [0.2, 0.25) is 0 Å². The molecule has 19 heavy (non-hydrogen) atoms. The summed E-state index contributed by atoms with van der Waals surface area (Å²) in [6.45, 7) is 2.33. The second-order valence-corrected chi connectivity index (χ2v) is 4.89. The summed E-state index contributed by atoms with van der Waals surface area (Å²) in [5.41, 5.74) is 0.0850. The number of rotatable bonds is 7. The molecule has 0 spiro atoms. The molecule has 0 bridgehead atoms. The molecule has 0 atom stereocenters. The molecule has 1 aromatic rings. The molecule has 2 nitrogen and oxygen atoms in total. The van der Waals surface area contributed by atoms with E-state index in [1.54, 1.807) is 6.07 Å². The third kappa shape index (κ3) is 6.59. The summed E-state index contributed by atoms with van der Waals surface area (Å²) >= 11 is 0. The minimum Gasteiger partial charge on any atom is -0.313 e. The highest BCUT2D eigenvalue weighted by molar-refractivity contribution is 5.25. The molecule has 0 heterocycles. The number of hydrogen-bond donors (Lipinski definition) is 1. The topological polar surface area (TPSA) is 15.3 Å². The maximum atomic E-state index is 12.5. The quantitative estimate of drug-likeness (QED) is 0.768. The zero-order valence-electron chi connectivity index (χ0n) is 11.4. The van der Waals surface area contributed by atoms with E-state index in [0.717, 1.165) is 32.0 Å². The van der Waals surface area contributed by atoms with Gasteiger partial charge in [-0.05, 0) is 51.7 Å². The highest BCUT2D eigenvalue weighted by Crippen LogP contribution is 2.29. The van der Waals surface area contributed by atoms with Crippen LogP contribution in [0, 0.1) is 0 Å². The lowest BCUT2D eigenvalue weighted by Gasteiger charge is -2.11. The minimum atomic E-state index is -4.26. The van der Waals surface area contributed by atoms with Gasteiger partial charge in [-0.25, -0.2) is 0 Å². The molecule has 0 saturated heterocycles. The van der Waals surface area contributed by atoms with Crippen molar-refractivity contribution in [1.82, 2.24) is 10.2 Å². The van der Waals surface area contributed by atoms with Crippen molar-refractivity contribution in [2.45, 2.75) is 25.6 Å². The van der Waals surface area contributed by atoms with Gasteiger partial charge in [0.05, 0.1) is 5.56 Å². The molecule has 0 fully saturated rings. The lowest BCUT2D eigenvalue weighted by Crippen LogP contribution is -2.18. The van der Waals surface area contributed by atoms with E-state index in [4.69, 9.17) is 0 Å². The van der Waals surface area contributed by atoms with Crippen molar-refractivity contribution in [3.63, 3.8) is 0 Å². The molecule has 1 rings (SSSR count). The second kappa shape index (κ2) is 7.50. The summed E-state index contributed by atoms with van der Waals surface area (Å²) in [7, 11) is 4.05. The van der Waals surface area contributed by atoms with Crippen LogP contribution in [0.15, 0.2) is 24.3 Å². The van der Waals surface area contributed by atoms with Crippen molar-refractivity contribution < 1.29 is 13.2 Å². The number of nitrogens with zero attached hydrogens (tertiary/aromatic N) is 1. The largest absolute Gasteiger partial charge is 0.416 e. The van der Waals surface area contributed by atoms with Crippen molar-refractivity contribution in [2.75, 3.05) is 27.2 Å². The van der Waals surface area contributed by atoms with E-state index >= 15 is 0 Å². The molecule has 5 heteroatoms. The van der Waals surface area contributed by atoms with E-state index in [0.29, 0.717) is 12.1 Å². The minimum absolute atomic E-state index is 0.478. The van der Waals surface area contributed by atoms with Gasteiger partial charge in [0.15, 0.2) is 0 Å². The monoisotopic (exact) mass is 274 g/mol. The third-order valence-electron chi connectivity index (χ3n) is 2.79. The first-order valence-corrected chi connectivity index (χ1v) is 6.41. The Morgan fingerprint density at radius 2 is 1.89 bits per heavy atom. The highest BCUT2D eigenvalue weighted by Gasteiger charge is 2.30. The van der Waals surface area contributed by atoms with Gasteiger partial charge >= 0.3 is 6.18 Å². The molecule has 108 valence electrons. The van der Waals surface area contributed by atoms with Gasteiger partial charge in [-0.15, -0.1) is 0 Å². The maximum Gasteiger partial charge on any atom is 0.416 e. The van der Waals surface area contributed by atoms with Gasteiger partial charge in [-0.2, -0.15) is 13.2 Å². The molecule has 0 aliphatic rings. The Kier molecular flexibility index (Phi) is 6.31. The zero-order valence-corrected chi connectivity index (χ0v) is 11.4. The van der Waals surface area contributed by atoms with E-state index < -0.39 is 11.7 Å². The van der Waals surface area contributed by atoms with E-state index in [2.05, 4.69) is 10.2 Å². The first-order valence-electron chi connectivity index (χ1n) is 6.41. The van der Waals surface area contributed by atoms with Crippen LogP contribution < -0.4 is 5.32 Å². The van der Waals surface area contributed by atoms with Crippen molar-refractivity contribution in [1.29, 1.82) is 0 Å². The van der Waals surface area contributed by atoms with Crippen LogP contribution in [-0.4, -0.2) is 32.1 Å². The van der Waals surface area contributed by atoms with Crippen LogP contribution in [0.3, 0.4) is 0 Å². The van der Waals surface area contributed by atoms with E-state index in [9.17, 15) is 13.2 Å². The van der Waals surface area contributed by atoms with E-state index in [-0.39, 0.29) is 0 Å². The zero-order chi connectivity index (χ0) is 14.3. The predicted octanol–water partition coefficient (Wildman–Crippen LogP) is 3.14. The number of nitrogens with one attached hydrogen (secondary N) is 1. The summed E-state index contributed by atoms with van der Waals surface area (Å²) < 4.78 is 37.5. The smallest absolute Gasteiger partial charge is 0.313 e. The first kappa shape index (κ1) is 16.0. The molecule has 1 aromatic carbocycles. The Labute approximate surface area is 112 Å². The summed E-state index contributed by atoms with van der Waals surface area (Å²) in [6.07, 6.45) is -2.15. The third-order valence-corrected chi connectivity index (χ3v) is 2.79. The Morgan fingerprint density at radius 3 is 2.53 bits per heavy atom. The summed E-state index contributed by atoms with van der Waals surface area (Å²) in [4.78, 5) is 2.12. The lowest BCUT2D eigenvalue weighted by atomic mass is 10.1. The number of hydrogen-bond acceptors (Lipinski definition) is 2. The second-order valence-electron chi connectivity index (χ2n) is 4.89. The molecule has 0 aliphatic heterocycles. The lowest BCUT2D eigenvalue weighted by molar-refractivity contribution is -0.137.